The summed E-state index contributed by atoms with van der Waals surface area (Å²) in [6.07, 6.45) is 0. The molecule has 55 heavy (non-hydrogen) atoms. The van der Waals surface area contributed by atoms with Crippen molar-refractivity contribution in [3.8, 4) is 33.4 Å². The molecule has 0 spiro atoms. The summed E-state index contributed by atoms with van der Waals surface area (Å²) < 4.78 is 2.71. The number of benzene rings is 11. The zero-order valence-corrected chi connectivity index (χ0v) is 30.7. The first kappa shape index (κ1) is 30.6. The molecule has 12 rings (SSSR count). The summed E-state index contributed by atoms with van der Waals surface area (Å²) >= 11 is 1.92. The van der Waals surface area contributed by atoms with E-state index in [2.05, 4.69) is 194 Å². The number of fused-ring (bicyclic) bond motifs is 13. The average molecular weight is 713 g/mol. The number of hydrogen-bond acceptors (Lipinski definition) is 1. The number of thiophene rings is 1. The SMILES string of the molecule is c1ccc2c(-c3ccc(-c4c5ccccc5c(-c5ccc6c(c5)c5ccccc5c5ccc7c8ccccc8sc7c56)c5ccccc45)cc3)cccc2c1. The van der Waals surface area contributed by atoms with E-state index in [-0.39, 0.29) is 0 Å². The maximum absolute atomic E-state index is 2.47. The highest BCUT2D eigenvalue weighted by Crippen LogP contribution is 2.48. The van der Waals surface area contributed by atoms with E-state index < -0.39 is 0 Å². The number of rotatable bonds is 3. The second kappa shape index (κ2) is 11.9. The van der Waals surface area contributed by atoms with Crippen LogP contribution in [0.5, 0.6) is 0 Å². The molecule has 1 heteroatoms. The van der Waals surface area contributed by atoms with Crippen molar-refractivity contribution in [2.75, 3.05) is 0 Å². The Morgan fingerprint density at radius 1 is 0.273 bits per heavy atom. The van der Waals surface area contributed by atoms with Crippen molar-refractivity contribution in [2.24, 2.45) is 0 Å². The van der Waals surface area contributed by atoms with Gasteiger partial charge in [-0.25, -0.2) is 0 Å². The third-order valence-electron chi connectivity index (χ3n) is 11.8. The Hall–Kier alpha value is -6.80. The summed E-state index contributed by atoms with van der Waals surface area (Å²) in [5.74, 6) is 0. The lowest BCUT2D eigenvalue weighted by molar-refractivity contribution is 1.63. The first-order valence-electron chi connectivity index (χ1n) is 19.0. The molecule has 0 saturated carbocycles. The minimum atomic E-state index is 1.23. The Morgan fingerprint density at radius 2 is 0.745 bits per heavy atom. The standard InChI is InChI=1S/C54H32S/c1-2-14-37-33(12-1)13-11-22-38(37)34-24-26-35(27-25-34)51-42-18-5-7-20-44(42)52(45-21-8-6-19-43(45)51)36-28-29-47-49(32-36)40-16-4-3-15-39(40)46-30-31-48-41-17-9-10-23-50(41)55-54(48)53(46)47/h1-32H. The van der Waals surface area contributed by atoms with Gasteiger partial charge in [-0.15, -0.1) is 11.3 Å². The molecule has 0 bridgehead atoms. The molecule has 11 aromatic carbocycles. The maximum atomic E-state index is 2.47. The Bertz CT molecular complexity index is 3470. The largest absolute Gasteiger partial charge is 0.135 e. The summed E-state index contributed by atoms with van der Waals surface area (Å²) in [6.45, 7) is 0. The molecule has 254 valence electrons. The third-order valence-corrected chi connectivity index (χ3v) is 13.0. The summed E-state index contributed by atoms with van der Waals surface area (Å²) in [7, 11) is 0. The lowest BCUT2D eigenvalue weighted by Gasteiger charge is -2.19. The van der Waals surface area contributed by atoms with E-state index in [0.717, 1.165) is 0 Å². The normalized spacial score (nSPS) is 12.0. The van der Waals surface area contributed by atoms with Gasteiger partial charge in [-0.3, -0.25) is 0 Å². The van der Waals surface area contributed by atoms with Crippen LogP contribution >= 0.6 is 11.3 Å². The molecule has 1 aromatic heterocycles. The Kier molecular flexibility index (Phi) is 6.60. The molecule has 0 aliphatic carbocycles. The van der Waals surface area contributed by atoms with Gasteiger partial charge in [0.15, 0.2) is 0 Å². The molecule has 0 atom stereocenters. The van der Waals surface area contributed by atoms with Crippen LogP contribution in [0.3, 0.4) is 0 Å². The fraction of sp³-hybridized carbons (Fsp3) is 0. The lowest BCUT2D eigenvalue weighted by Crippen LogP contribution is -1.91. The Morgan fingerprint density at radius 3 is 1.45 bits per heavy atom. The highest BCUT2D eigenvalue weighted by atomic mass is 32.1. The average Bonchev–Trinajstić information content (AvgIpc) is 3.64. The van der Waals surface area contributed by atoms with Crippen molar-refractivity contribution < 1.29 is 0 Å². The first-order chi connectivity index (χ1) is 27.3. The van der Waals surface area contributed by atoms with Crippen LogP contribution in [-0.2, 0) is 0 Å². The molecule has 1 heterocycles. The summed E-state index contributed by atoms with van der Waals surface area (Å²) in [5.41, 5.74) is 7.53. The van der Waals surface area contributed by atoms with Crippen molar-refractivity contribution >= 4 is 96.1 Å². The summed E-state index contributed by atoms with van der Waals surface area (Å²) in [6, 6.07) is 72.2. The molecule has 0 fully saturated rings. The molecular weight excluding hydrogens is 681 g/mol. The fourth-order valence-electron chi connectivity index (χ4n) is 9.42. The van der Waals surface area contributed by atoms with E-state index in [9.17, 15) is 0 Å². The predicted molar refractivity (Wildman–Crippen MR) is 241 cm³/mol. The van der Waals surface area contributed by atoms with E-state index in [4.69, 9.17) is 0 Å². The van der Waals surface area contributed by atoms with Crippen molar-refractivity contribution in [1.82, 2.24) is 0 Å². The van der Waals surface area contributed by atoms with E-state index in [1.54, 1.807) is 0 Å². The van der Waals surface area contributed by atoms with E-state index in [1.807, 2.05) is 11.3 Å². The highest BCUT2D eigenvalue weighted by molar-refractivity contribution is 7.26. The lowest BCUT2D eigenvalue weighted by atomic mass is 9.84. The molecular formula is C54H32S. The summed E-state index contributed by atoms with van der Waals surface area (Å²) in [4.78, 5) is 0. The maximum Gasteiger partial charge on any atom is 0.0440 e. The van der Waals surface area contributed by atoms with E-state index in [1.165, 1.54) is 118 Å². The second-order valence-corrected chi connectivity index (χ2v) is 15.8. The van der Waals surface area contributed by atoms with Crippen LogP contribution in [0.2, 0.25) is 0 Å². The first-order valence-corrected chi connectivity index (χ1v) is 19.8. The van der Waals surface area contributed by atoms with E-state index >= 15 is 0 Å². The van der Waals surface area contributed by atoms with Gasteiger partial charge in [0.25, 0.3) is 0 Å². The Balaban J connectivity index is 1.11. The van der Waals surface area contributed by atoms with Gasteiger partial charge in [-0.2, -0.15) is 0 Å². The zero-order chi connectivity index (χ0) is 36.0. The van der Waals surface area contributed by atoms with Crippen molar-refractivity contribution in [1.29, 1.82) is 0 Å². The van der Waals surface area contributed by atoms with Gasteiger partial charge >= 0.3 is 0 Å². The molecule has 0 N–H and O–H groups in total. The topological polar surface area (TPSA) is 0 Å². The van der Waals surface area contributed by atoms with Crippen LogP contribution < -0.4 is 0 Å². The van der Waals surface area contributed by atoms with Crippen molar-refractivity contribution in [3.63, 3.8) is 0 Å². The van der Waals surface area contributed by atoms with Gasteiger partial charge in [0.2, 0.25) is 0 Å². The predicted octanol–water partition coefficient (Wildman–Crippen LogP) is 16.0. The van der Waals surface area contributed by atoms with Gasteiger partial charge in [-0.1, -0.05) is 182 Å². The molecule has 0 unspecified atom stereocenters. The van der Waals surface area contributed by atoms with Crippen LogP contribution in [-0.4, -0.2) is 0 Å². The monoisotopic (exact) mass is 712 g/mol. The van der Waals surface area contributed by atoms with Gasteiger partial charge < -0.3 is 0 Å². The van der Waals surface area contributed by atoms with Crippen LogP contribution in [0.25, 0.3) is 118 Å². The van der Waals surface area contributed by atoms with Crippen molar-refractivity contribution in [2.45, 2.75) is 0 Å². The molecule has 0 radical (unpaired) electrons. The van der Waals surface area contributed by atoms with E-state index in [0.29, 0.717) is 0 Å². The van der Waals surface area contributed by atoms with Crippen LogP contribution in [0.4, 0.5) is 0 Å². The molecule has 0 nitrogen and oxygen atoms in total. The molecule has 0 aliphatic heterocycles. The molecule has 0 aliphatic rings. The second-order valence-electron chi connectivity index (χ2n) is 14.7. The molecule has 0 saturated heterocycles. The summed E-state index contributed by atoms with van der Waals surface area (Å²) in [5, 5.41) is 18.2. The quantitative estimate of drug-likeness (QED) is 0.126. The van der Waals surface area contributed by atoms with Gasteiger partial charge in [-0.05, 0) is 105 Å². The minimum absolute atomic E-state index is 1.23. The molecule has 0 amide bonds. The van der Waals surface area contributed by atoms with Crippen LogP contribution in [0.15, 0.2) is 194 Å². The minimum Gasteiger partial charge on any atom is -0.135 e. The molecule has 12 aromatic rings. The Labute approximate surface area is 322 Å². The van der Waals surface area contributed by atoms with Crippen molar-refractivity contribution in [3.05, 3.63) is 194 Å². The third kappa shape index (κ3) is 4.51. The smallest absolute Gasteiger partial charge is 0.0440 e. The number of hydrogen-bond donors (Lipinski definition) is 0. The van der Waals surface area contributed by atoms with Crippen LogP contribution in [0, 0.1) is 0 Å². The van der Waals surface area contributed by atoms with Gasteiger partial charge in [0.05, 0.1) is 0 Å². The zero-order valence-electron chi connectivity index (χ0n) is 29.9. The van der Waals surface area contributed by atoms with Crippen LogP contribution in [0.1, 0.15) is 0 Å². The van der Waals surface area contributed by atoms with Gasteiger partial charge in [0, 0.05) is 25.6 Å². The highest BCUT2D eigenvalue weighted by Gasteiger charge is 2.19. The van der Waals surface area contributed by atoms with Gasteiger partial charge in [0.1, 0.15) is 0 Å². The fourth-order valence-corrected chi connectivity index (χ4v) is 10.7.